The molecule has 0 amide bonds. The molecule has 3 heterocycles. The van der Waals surface area contributed by atoms with Crippen molar-refractivity contribution in [3.8, 4) is 6.07 Å². The summed E-state index contributed by atoms with van der Waals surface area (Å²) in [7, 11) is 0. The second-order valence-corrected chi connectivity index (χ2v) is 6.98. The standard InChI is InChI=1S/C19H13N5O3S/c20-9-12(17-23-14-3-1-2-4-15(14)27-17)13-7-8-21-19(24-13)22-10-11-5-6-16(28-11)18(25)26/h1-8,12H,10H2,(H,25,26)(H,21,22,24). The van der Waals surface area contributed by atoms with Crippen molar-refractivity contribution < 1.29 is 14.3 Å². The van der Waals surface area contributed by atoms with E-state index in [4.69, 9.17) is 9.52 Å². The SMILES string of the molecule is N#CC(c1ccnc(NCc2ccc(C(=O)O)s2)n1)c1nc2ccccc2o1. The zero-order valence-corrected chi connectivity index (χ0v) is 15.2. The molecule has 4 aromatic rings. The Bertz CT molecular complexity index is 1160. The highest BCUT2D eigenvalue weighted by Gasteiger charge is 2.22. The largest absolute Gasteiger partial charge is 0.477 e. The monoisotopic (exact) mass is 391 g/mol. The third-order valence-electron chi connectivity index (χ3n) is 3.95. The minimum absolute atomic E-state index is 0.270. The van der Waals surface area contributed by atoms with Crippen molar-refractivity contribution in [2.24, 2.45) is 0 Å². The Labute approximate surface area is 163 Å². The van der Waals surface area contributed by atoms with Crippen molar-refractivity contribution in [1.29, 1.82) is 5.26 Å². The van der Waals surface area contributed by atoms with E-state index < -0.39 is 11.9 Å². The number of benzene rings is 1. The molecule has 0 aliphatic heterocycles. The molecular formula is C19H13N5O3S. The average Bonchev–Trinajstić information content (AvgIpc) is 3.34. The molecule has 0 aliphatic rings. The summed E-state index contributed by atoms with van der Waals surface area (Å²) in [6.07, 6.45) is 1.55. The number of nitrogens with one attached hydrogen (secondary N) is 1. The zero-order chi connectivity index (χ0) is 19.5. The van der Waals surface area contributed by atoms with Crippen molar-refractivity contribution in [1.82, 2.24) is 15.0 Å². The van der Waals surface area contributed by atoms with Crippen LogP contribution in [0, 0.1) is 11.3 Å². The Balaban J connectivity index is 1.54. The van der Waals surface area contributed by atoms with Gasteiger partial charge in [-0.05, 0) is 30.3 Å². The number of fused-ring (bicyclic) bond motifs is 1. The number of carboxylic acid groups (broad SMARTS) is 1. The van der Waals surface area contributed by atoms with Gasteiger partial charge >= 0.3 is 5.97 Å². The lowest BCUT2D eigenvalue weighted by molar-refractivity contribution is 0.0702. The summed E-state index contributed by atoms with van der Waals surface area (Å²) in [5, 5.41) is 21.7. The second-order valence-electron chi connectivity index (χ2n) is 5.81. The molecule has 0 spiro atoms. The van der Waals surface area contributed by atoms with Crippen LogP contribution in [0.2, 0.25) is 0 Å². The molecule has 28 heavy (non-hydrogen) atoms. The van der Waals surface area contributed by atoms with E-state index in [1.54, 1.807) is 30.5 Å². The molecular weight excluding hydrogens is 378 g/mol. The van der Waals surface area contributed by atoms with Crippen LogP contribution in [-0.4, -0.2) is 26.0 Å². The van der Waals surface area contributed by atoms with Gasteiger partial charge in [-0.25, -0.2) is 19.7 Å². The Morgan fingerprint density at radius 1 is 1.25 bits per heavy atom. The first-order valence-corrected chi connectivity index (χ1v) is 9.09. The molecule has 3 aromatic heterocycles. The topological polar surface area (TPSA) is 125 Å². The van der Waals surface area contributed by atoms with E-state index in [2.05, 4.69) is 26.3 Å². The number of nitriles is 1. The molecule has 1 atom stereocenters. The number of carbonyl (C=O) groups is 1. The molecule has 8 nitrogen and oxygen atoms in total. The number of anilines is 1. The number of carboxylic acids is 1. The van der Waals surface area contributed by atoms with Crippen molar-refractivity contribution >= 4 is 34.4 Å². The Kier molecular flexibility index (Phi) is 4.70. The predicted molar refractivity (Wildman–Crippen MR) is 102 cm³/mol. The van der Waals surface area contributed by atoms with Crippen molar-refractivity contribution in [2.75, 3.05) is 5.32 Å². The minimum atomic E-state index is -0.954. The summed E-state index contributed by atoms with van der Waals surface area (Å²) in [5.41, 5.74) is 1.75. The molecule has 2 N–H and O–H groups in total. The van der Waals surface area contributed by atoms with E-state index in [-0.39, 0.29) is 10.8 Å². The van der Waals surface area contributed by atoms with Crippen LogP contribution in [-0.2, 0) is 6.54 Å². The van der Waals surface area contributed by atoms with E-state index in [9.17, 15) is 10.1 Å². The number of para-hydroxylation sites is 2. The Morgan fingerprint density at radius 3 is 2.86 bits per heavy atom. The summed E-state index contributed by atoms with van der Waals surface area (Å²) >= 11 is 1.18. The van der Waals surface area contributed by atoms with Crippen LogP contribution in [0.15, 0.2) is 53.1 Å². The lowest BCUT2D eigenvalue weighted by Crippen LogP contribution is -2.07. The van der Waals surface area contributed by atoms with E-state index in [0.717, 1.165) is 4.88 Å². The minimum Gasteiger partial charge on any atom is -0.477 e. The number of rotatable bonds is 6. The molecule has 4 rings (SSSR count). The van der Waals surface area contributed by atoms with E-state index in [0.29, 0.717) is 29.3 Å². The Hall–Kier alpha value is -3.77. The van der Waals surface area contributed by atoms with Gasteiger partial charge in [0.1, 0.15) is 10.4 Å². The van der Waals surface area contributed by atoms with E-state index >= 15 is 0 Å². The van der Waals surface area contributed by atoms with Gasteiger partial charge in [0.05, 0.1) is 18.3 Å². The molecule has 1 aromatic carbocycles. The summed E-state index contributed by atoms with van der Waals surface area (Å²) in [5.74, 6) is -1.11. The van der Waals surface area contributed by atoms with Gasteiger partial charge in [0, 0.05) is 11.1 Å². The van der Waals surface area contributed by atoms with Crippen molar-refractivity contribution in [3.63, 3.8) is 0 Å². The van der Waals surface area contributed by atoms with Crippen LogP contribution in [0.25, 0.3) is 11.1 Å². The van der Waals surface area contributed by atoms with Gasteiger partial charge in [0.2, 0.25) is 11.8 Å². The molecule has 1 unspecified atom stereocenters. The maximum atomic E-state index is 11.0. The lowest BCUT2D eigenvalue weighted by Gasteiger charge is -2.07. The summed E-state index contributed by atoms with van der Waals surface area (Å²) in [6, 6.07) is 14.4. The molecule has 0 aliphatic carbocycles. The number of oxazole rings is 1. The Morgan fingerprint density at radius 2 is 2.11 bits per heavy atom. The summed E-state index contributed by atoms with van der Waals surface area (Å²) < 4.78 is 5.70. The van der Waals surface area contributed by atoms with Gasteiger partial charge in [-0.15, -0.1) is 11.3 Å². The van der Waals surface area contributed by atoms with Crippen molar-refractivity contribution in [3.05, 3.63) is 70.0 Å². The van der Waals surface area contributed by atoms with Gasteiger partial charge in [0.15, 0.2) is 11.5 Å². The first-order chi connectivity index (χ1) is 13.6. The molecule has 0 bridgehead atoms. The fourth-order valence-corrected chi connectivity index (χ4v) is 3.42. The lowest BCUT2D eigenvalue weighted by atomic mass is 10.1. The summed E-state index contributed by atoms with van der Waals surface area (Å²) in [6.45, 7) is 0.376. The van der Waals surface area contributed by atoms with Crippen LogP contribution >= 0.6 is 11.3 Å². The highest BCUT2D eigenvalue weighted by molar-refractivity contribution is 7.13. The molecule has 9 heteroatoms. The first-order valence-electron chi connectivity index (χ1n) is 8.28. The zero-order valence-electron chi connectivity index (χ0n) is 14.4. The maximum Gasteiger partial charge on any atom is 0.345 e. The molecule has 0 saturated carbocycles. The van der Waals surface area contributed by atoms with Crippen molar-refractivity contribution in [2.45, 2.75) is 12.5 Å². The van der Waals surface area contributed by atoms with Gasteiger partial charge in [-0.2, -0.15) is 5.26 Å². The van der Waals surface area contributed by atoms with Crippen LogP contribution in [0.5, 0.6) is 0 Å². The van der Waals surface area contributed by atoms with Crippen LogP contribution < -0.4 is 5.32 Å². The fourth-order valence-electron chi connectivity index (χ4n) is 2.63. The van der Waals surface area contributed by atoms with E-state index in [1.165, 1.54) is 11.3 Å². The number of aromatic nitrogens is 3. The van der Waals surface area contributed by atoms with Gasteiger partial charge in [0.25, 0.3) is 0 Å². The van der Waals surface area contributed by atoms with E-state index in [1.807, 2.05) is 18.2 Å². The number of thiophene rings is 1. The molecule has 0 fully saturated rings. The van der Waals surface area contributed by atoms with Crippen LogP contribution in [0.1, 0.15) is 32.1 Å². The van der Waals surface area contributed by atoms with Crippen LogP contribution in [0.3, 0.4) is 0 Å². The molecule has 138 valence electrons. The third kappa shape index (κ3) is 3.54. The second kappa shape index (κ2) is 7.46. The van der Waals surface area contributed by atoms with Crippen LogP contribution in [0.4, 0.5) is 5.95 Å². The summed E-state index contributed by atoms with van der Waals surface area (Å²) in [4.78, 5) is 25.0. The highest BCUT2D eigenvalue weighted by Crippen LogP contribution is 2.26. The first kappa shape index (κ1) is 17.6. The number of hydrogen-bond acceptors (Lipinski definition) is 8. The maximum absolute atomic E-state index is 11.0. The quantitative estimate of drug-likeness (QED) is 0.510. The van der Waals surface area contributed by atoms with Gasteiger partial charge in [-0.1, -0.05) is 12.1 Å². The normalized spacial score (nSPS) is 11.8. The number of nitrogens with zero attached hydrogens (tertiary/aromatic N) is 4. The number of hydrogen-bond donors (Lipinski definition) is 2. The smallest absolute Gasteiger partial charge is 0.345 e. The molecule has 0 saturated heterocycles. The molecule has 0 radical (unpaired) electrons. The predicted octanol–water partition coefficient (Wildman–Crippen LogP) is 3.65. The third-order valence-corrected chi connectivity index (χ3v) is 5.03. The van der Waals surface area contributed by atoms with Gasteiger partial charge < -0.3 is 14.8 Å². The number of aromatic carboxylic acids is 1. The fraction of sp³-hybridized carbons (Fsp3) is 0.105. The highest BCUT2D eigenvalue weighted by atomic mass is 32.1. The van der Waals surface area contributed by atoms with Gasteiger partial charge in [-0.3, -0.25) is 0 Å². The average molecular weight is 391 g/mol.